The predicted molar refractivity (Wildman–Crippen MR) is 109 cm³/mol. The first-order valence-corrected chi connectivity index (χ1v) is 10.3. The first-order valence-electron chi connectivity index (χ1n) is 9.50. The number of carbonyl (C=O) groups excluding carboxylic acids is 1. The van der Waals surface area contributed by atoms with Crippen LogP contribution in [0.2, 0.25) is 0 Å². The highest BCUT2D eigenvalue weighted by molar-refractivity contribution is 7.18. The minimum Gasteiger partial charge on any atom is -0.455 e. The molecule has 0 atom stereocenters. The van der Waals surface area contributed by atoms with Crippen LogP contribution < -0.4 is 0 Å². The van der Waals surface area contributed by atoms with Crippen molar-refractivity contribution in [1.29, 1.82) is 0 Å². The highest BCUT2D eigenvalue weighted by Crippen LogP contribution is 2.40. The summed E-state index contributed by atoms with van der Waals surface area (Å²) in [5.74, 6) is 0.0904. The van der Waals surface area contributed by atoms with Gasteiger partial charge in [-0.05, 0) is 44.9 Å². The molecule has 0 spiro atoms. The predicted octanol–water partition coefficient (Wildman–Crippen LogP) is 4.86. The molecule has 28 heavy (non-hydrogen) atoms. The fraction of sp³-hybridized carbons (Fsp3) is 0.333. The third-order valence-corrected chi connectivity index (χ3v) is 5.97. The fourth-order valence-electron chi connectivity index (χ4n) is 3.36. The number of carbonyl (C=O) groups is 1. The number of nitrogens with zero attached hydrogens (tertiary/aromatic N) is 4. The van der Waals surface area contributed by atoms with Crippen LogP contribution in [0.15, 0.2) is 36.5 Å². The van der Waals surface area contributed by atoms with Crippen molar-refractivity contribution < 1.29 is 9.53 Å². The largest absolute Gasteiger partial charge is 0.455 e. The Bertz CT molecular complexity index is 1160. The lowest BCUT2D eigenvalue weighted by atomic mass is 10.1. The molecule has 4 aromatic rings. The van der Waals surface area contributed by atoms with E-state index in [0.717, 1.165) is 44.8 Å². The Kier molecular flexibility index (Phi) is 4.12. The van der Waals surface area contributed by atoms with Gasteiger partial charge in [0.25, 0.3) is 0 Å². The van der Waals surface area contributed by atoms with E-state index in [0.29, 0.717) is 11.5 Å². The van der Waals surface area contributed by atoms with Crippen LogP contribution in [-0.4, -0.2) is 25.7 Å². The second kappa shape index (κ2) is 6.67. The Morgan fingerprint density at radius 1 is 1.29 bits per heavy atom. The summed E-state index contributed by atoms with van der Waals surface area (Å²) < 4.78 is 8.58. The number of thiazole rings is 1. The van der Waals surface area contributed by atoms with Crippen molar-refractivity contribution in [3.05, 3.63) is 52.8 Å². The zero-order valence-corrected chi connectivity index (χ0v) is 16.6. The zero-order valence-electron chi connectivity index (χ0n) is 15.8. The lowest BCUT2D eigenvalue weighted by Gasteiger charge is -2.10. The molecule has 0 aliphatic heterocycles. The number of hydrogen-bond donors (Lipinski definition) is 0. The van der Waals surface area contributed by atoms with Gasteiger partial charge in [0.1, 0.15) is 11.6 Å². The number of pyridine rings is 1. The number of para-hydroxylation sites is 1. The number of ether oxygens (including phenoxy) is 1. The van der Waals surface area contributed by atoms with Gasteiger partial charge in [-0.15, -0.1) is 11.3 Å². The quantitative estimate of drug-likeness (QED) is 0.454. The molecule has 1 saturated carbocycles. The van der Waals surface area contributed by atoms with E-state index in [1.807, 2.05) is 35.0 Å². The first-order chi connectivity index (χ1) is 13.6. The number of rotatable bonds is 5. The molecule has 0 amide bonds. The van der Waals surface area contributed by atoms with E-state index >= 15 is 0 Å². The van der Waals surface area contributed by atoms with Crippen LogP contribution in [0.3, 0.4) is 0 Å². The SMILES string of the molecule is CC(C)n1ncc2c(C(=O)OCc3nc4ccccc4s3)cc(C3CC3)nc21. The number of hydrogen-bond acceptors (Lipinski definition) is 6. The molecule has 7 heteroatoms. The Balaban J connectivity index is 1.46. The topological polar surface area (TPSA) is 69.9 Å². The summed E-state index contributed by atoms with van der Waals surface area (Å²) >= 11 is 1.55. The van der Waals surface area contributed by atoms with Crippen molar-refractivity contribution in [2.75, 3.05) is 0 Å². The molecule has 0 unspecified atom stereocenters. The van der Waals surface area contributed by atoms with Crippen LogP contribution in [-0.2, 0) is 11.3 Å². The van der Waals surface area contributed by atoms with Crippen LogP contribution >= 0.6 is 11.3 Å². The van der Waals surface area contributed by atoms with E-state index < -0.39 is 0 Å². The van der Waals surface area contributed by atoms with Gasteiger partial charge >= 0.3 is 5.97 Å². The second-order valence-corrected chi connectivity index (χ2v) is 8.56. The maximum Gasteiger partial charge on any atom is 0.339 e. The van der Waals surface area contributed by atoms with Gasteiger partial charge in [-0.25, -0.2) is 19.4 Å². The van der Waals surface area contributed by atoms with Gasteiger partial charge in [-0.1, -0.05) is 12.1 Å². The Hall–Kier alpha value is -2.80. The summed E-state index contributed by atoms with van der Waals surface area (Å²) in [6, 6.07) is 9.98. The van der Waals surface area contributed by atoms with Gasteiger partial charge in [0.2, 0.25) is 0 Å². The van der Waals surface area contributed by atoms with Gasteiger partial charge < -0.3 is 4.74 Å². The van der Waals surface area contributed by atoms with Gasteiger partial charge in [0.05, 0.1) is 27.4 Å². The van der Waals surface area contributed by atoms with Crippen LogP contribution in [0.1, 0.15) is 59.7 Å². The summed E-state index contributed by atoms with van der Waals surface area (Å²) in [6.07, 6.45) is 3.95. The zero-order chi connectivity index (χ0) is 19.3. The molecule has 6 nitrogen and oxygen atoms in total. The second-order valence-electron chi connectivity index (χ2n) is 7.44. The maximum absolute atomic E-state index is 12.9. The maximum atomic E-state index is 12.9. The highest BCUT2D eigenvalue weighted by Gasteiger charge is 2.28. The summed E-state index contributed by atoms with van der Waals surface area (Å²) in [6.45, 7) is 4.28. The first kappa shape index (κ1) is 17.3. The lowest BCUT2D eigenvalue weighted by Crippen LogP contribution is -2.09. The number of benzene rings is 1. The Morgan fingerprint density at radius 2 is 2.11 bits per heavy atom. The van der Waals surface area contributed by atoms with Gasteiger partial charge in [-0.3, -0.25) is 0 Å². The summed E-state index contributed by atoms with van der Waals surface area (Å²) in [7, 11) is 0. The average molecular weight is 392 g/mol. The molecule has 0 saturated heterocycles. The molecule has 0 N–H and O–H groups in total. The lowest BCUT2D eigenvalue weighted by molar-refractivity contribution is 0.0474. The summed E-state index contributed by atoms with van der Waals surface area (Å²) in [4.78, 5) is 22.2. The van der Waals surface area contributed by atoms with Crippen LogP contribution in [0.4, 0.5) is 0 Å². The van der Waals surface area contributed by atoms with Gasteiger partial charge in [0, 0.05) is 17.7 Å². The average Bonchev–Trinajstić information content (AvgIpc) is 3.31. The van der Waals surface area contributed by atoms with Crippen molar-refractivity contribution in [1.82, 2.24) is 19.7 Å². The van der Waals surface area contributed by atoms with Crippen molar-refractivity contribution in [3.8, 4) is 0 Å². The molecule has 1 aliphatic rings. The number of aromatic nitrogens is 4. The minimum atomic E-state index is -0.350. The summed E-state index contributed by atoms with van der Waals surface area (Å²) in [5.41, 5.74) is 3.19. The third-order valence-electron chi connectivity index (χ3n) is 4.96. The van der Waals surface area contributed by atoms with Gasteiger partial charge in [-0.2, -0.15) is 5.10 Å². The van der Waals surface area contributed by atoms with E-state index in [4.69, 9.17) is 9.72 Å². The molecular weight excluding hydrogens is 372 g/mol. The van der Waals surface area contributed by atoms with Crippen molar-refractivity contribution >= 4 is 38.6 Å². The summed E-state index contributed by atoms with van der Waals surface area (Å²) in [5, 5.41) is 5.98. The Morgan fingerprint density at radius 3 is 2.86 bits per heavy atom. The molecule has 3 heterocycles. The molecule has 1 aliphatic carbocycles. The normalized spacial score (nSPS) is 14.2. The van der Waals surface area contributed by atoms with Gasteiger partial charge in [0.15, 0.2) is 5.65 Å². The molecular formula is C21H20N4O2S. The molecule has 5 rings (SSSR count). The van der Waals surface area contributed by atoms with E-state index in [9.17, 15) is 4.79 Å². The van der Waals surface area contributed by atoms with Crippen LogP contribution in [0, 0.1) is 0 Å². The van der Waals surface area contributed by atoms with Crippen molar-refractivity contribution in [2.24, 2.45) is 0 Å². The monoisotopic (exact) mass is 392 g/mol. The van der Waals surface area contributed by atoms with E-state index in [1.165, 1.54) is 0 Å². The molecule has 1 aromatic carbocycles. The molecule has 1 fully saturated rings. The van der Waals surface area contributed by atoms with Crippen molar-refractivity contribution in [3.63, 3.8) is 0 Å². The van der Waals surface area contributed by atoms with E-state index in [2.05, 4.69) is 23.9 Å². The third kappa shape index (κ3) is 3.05. The highest BCUT2D eigenvalue weighted by atomic mass is 32.1. The van der Waals surface area contributed by atoms with Crippen LogP contribution in [0.5, 0.6) is 0 Å². The number of fused-ring (bicyclic) bond motifs is 2. The minimum absolute atomic E-state index is 0.166. The fourth-order valence-corrected chi connectivity index (χ4v) is 4.24. The smallest absolute Gasteiger partial charge is 0.339 e. The molecule has 142 valence electrons. The van der Waals surface area contributed by atoms with Crippen molar-refractivity contribution in [2.45, 2.75) is 45.3 Å². The van der Waals surface area contributed by atoms with Crippen LogP contribution in [0.25, 0.3) is 21.3 Å². The standard InChI is InChI=1S/C21H20N4O2S/c1-12(2)25-20-15(10-22-25)14(9-17(24-20)13-7-8-13)21(26)27-11-19-23-16-5-3-4-6-18(16)28-19/h3-6,9-10,12-13H,7-8,11H2,1-2H3. The molecule has 0 radical (unpaired) electrons. The Labute approximate surface area is 166 Å². The number of esters is 1. The van der Waals surface area contributed by atoms with E-state index in [-0.39, 0.29) is 18.6 Å². The molecule has 0 bridgehead atoms. The molecule has 3 aromatic heterocycles. The van der Waals surface area contributed by atoms with E-state index in [1.54, 1.807) is 17.5 Å².